The largest absolute Gasteiger partial charge is 0.492 e. The monoisotopic (exact) mass is 484 g/mol. The van der Waals surface area contributed by atoms with Crippen LogP contribution in [0.1, 0.15) is 11.5 Å². The average Bonchev–Trinajstić information content (AvgIpc) is 3.35. The first-order chi connectivity index (χ1) is 16.8. The molecule has 0 atom stereocenters. The molecule has 0 aliphatic rings. The van der Waals surface area contributed by atoms with Gasteiger partial charge in [-0.2, -0.15) is 18.2 Å². The number of hydrogen-bond donors (Lipinski definition) is 1. The van der Waals surface area contributed by atoms with Gasteiger partial charge < -0.3 is 19.5 Å². The number of hydrogen-bond acceptors (Lipinski definition) is 8. The van der Waals surface area contributed by atoms with Crippen molar-refractivity contribution in [2.75, 3.05) is 32.6 Å². The minimum Gasteiger partial charge on any atom is -0.492 e. The standard InChI is InChI=1S/C24H23F3N6O2/c1-33(2)13-14-34-19-9-7-17(8-10-19)20-11-12-28-23(30-20)29-15-16-3-5-18(6-4-16)21-31-22(35-32-21)24(25,26)27/h3-12H,13-15H2,1-2H3,(H,28,29,30). The molecule has 0 aliphatic carbocycles. The maximum atomic E-state index is 12.6. The maximum absolute atomic E-state index is 12.6. The Morgan fingerprint density at radius 1 is 0.943 bits per heavy atom. The first-order valence-electron chi connectivity index (χ1n) is 10.7. The summed E-state index contributed by atoms with van der Waals surface area (Å²) in [6.45, 7) is 1.86. The van der Waals surface area contributed by atoms with Gasteiger partial charge in [0.05, 0.1) is 5.69 Å². The Kier molecular flexibility index (Phi) is 7.25. The first-order valence-corrected chi connectivity index (χ1v) is 10.7. The lowest BCUT2D eigenvalue weighted by molar-refractivity contribution is -0.159. The molecule has 0 saturated heterocycles. The first kappa shape index (κ1) is 24.1. The summed E-state index contributed by atoms with van der Waals surface area (Å²) < 4.78 is 47.9. The van der Waals surface area contributed by atoms with Crippen molar-refractivity contribution in [3.8, 4) is 28.4 Å². The Morgan fingerprint density at radius 2 is 1.66 bits per heavy atom. The van der Waals surface area contributed by atoms with Crippen LogP contribution in [-0.4, -0.2) is 52.3 Å². The molecule has 0 spiro atoms. The zero-order valence-corrected chi connectivity index (χ0v) is 19.1. The van der Waals surface area contributed by atoms with Gasteiger partial charge in [-0.3, -0.25) is 0 Å². The number of halogens is 3. The molecule has 1 N–H and O–H groups in total. The molecule has 0 amide bonds. The fourth-order valence-corrected chi connectivity index (χ4v) is 3.08. The van der Waals surface area contributed by atoms with Gasteiger partial charge in [0.1, 0.15) is 12.4 Å². The average molecular weight is 484 g/mol. The van der Waals surface area contributed by atoms with Crippen LogP contribution in [0.2, 0.25) is 0 Å². The number of aromatic nitrogens is 4. The minimum atomic E-state index is -4.68. The van der Waals surface area contributed by atoms with E-state index < -0.39 is 12.1 Å². The number of nitrogens with one attached hydrogen (secondary N) is 1. The summed E-state index contributed by atoms with van der Waals surface area (Å²) in [5, 5.41) is 6.54. The third kappa shape index (κ3) is 6.54. The van der Waals surface area contributed by atoms with E-state index in [4.69, 9.17) is 4.74 Å². The highest BCUT2D eigenvalue weighted by atomic mass is 19.4. The van der Waals surface area contributed by atoms with Crippen molar-refractivity contribution in [1.82, 2.24) is 25.0 Å². The summed E-state index contributed by atoms with van der Waals surface area (Å²) in [5.41, 5.74) is 2.98. The summed E-state index contributed by atoms with van der Waals surface area (Å²) in [6.07, 6.45) is -3.00. The Labute approximate surface area is 199 Å². The molecule has 4 aromatic rings. The van der Waals surface area contributed by atoms with Crippen LogP contribution in [-0.2, 0) is 12.7 Å². The van der Waals surface area contributed by atoms with Gasteiger partial charge in [0.2, 0.25) is 11.8 Å². The van der Waals surface area contributed by atoms with Crippen molar-refractivity contribution in [2.24, 2.45) is 0 Å². The van der Waals surface area contributed by atoms with E-state index >= 15 is 0 Å². The molecular formula is C24H23F3N6O2. The Balaban J connectivity index is 1.35. The van der Waals surface area contributed by atoms with Crippen LogP contribution in [0.15, 0.2) is 65.3 Å². The molecule has 0 saturated carbocycles. The molecule has 4 rings (SSSR count). The van der Waals surface area contributed by atoms with E-state index in [1.54, 1.807) is 30.5 Å². The molecule has 2 aromatic carbocycles. The molecule has 35 heavy (non-hydrogen) atoms. The fraction of sp³-hybridized carbons (Fsp3) is 0.250. The van der Waals surface area contributed by atoms with Crippen molar-refractivity contribution in [1.29, 1.82) is 0 Å². The minimum absolute atomic E-state index is 0.123. The van der Waals surface area contributed by atoms with Gasteiger partial charge in [0.25, 0.3) is 0 Å². The van der Waals surface area contributed by atoms with E-state index in [-0.39, 0.29) is 5.82 Å². The molecule has 182 valence electrons. The van der Waals surface area contributed by atoms with Crippen LogP contribution >= 0.6 is 0 Å². The smallest absolute Gasteiger partial charge is 0.471 e. The SMILES string of the molecule is CN(C)CCOc1ccc(-c2ccnc(NCc3ccc(-c4noc(C(F)(F)F)n4)cc3)n2)cc1. The molecule has 0 radical (unpaired) electrons. The maximum Gasteiger partial charge on any atom is 0.471 e. The lowest BCUT2D eigenvalue weighted by Crippen LogP contribution is -2.19. The highest BCUT2D eigenvalue weighted by Gasteiger charge is 2.38. The second-order valence-electron chi connectivity index (χ2n) is 7.91. The van der Waals surface area contributed by atoms with E-state index in [2.05, 4.69) is 34.8 Å². The zero-order valence-electron chi connectivity index (χ0n) is 19.1. The van der Waals surface area contributed by atoms with Gasteiger partial charge in [-0.25, -0.2) is 9.97 Å². The van der Waals surface area contributed by atoms with Crippen LogP contribution in [0.5, 0.6) is 5.75 Å². The van der Waals surface area contributed by atoms with Crippen LogP contribution in [0.3, 0.4) is 0 Å². The van der Waals surface area contributed by atoms with Gasteiger partial charge in [-0.15, -0.1) is 0 Å². The second-order valence-corrected chi connectivity index (χ2v) is 7.91. The number of nitrogens with zero attached hydrogens (tertiary/aromatic N) is 5. The molecule has 0 fully saturated rings. The molecular weight excluding hydrogens is 461 g/mol. The fourth-order valence-electron chi connectivity index (χ4n) is 3.08. The lowest BCUT2D eigenvalue weighted by Gasteiger charge is -2.11. The van der Waals surface area contributed by atoms with Gasteiger partial charge in [0.15, 0.2) is 0 Å². The summed E-state index contributed by atoms with van der Waals surface area (Å²) >= 11 is 0. The molecule has 0 unspecified atom stereocenters. The Morgan fingerprint density at radius 3 is 2.31 bits per heavy atom. The van der Waals surface area contributed by atoms with E-state index in [0.717, 1.165) is 29.1 Å². The lowest BCUT2D eigenvalue weighted by atomic mass is 10.1. The van der Waals surface area contributed by atoms with E-state index in [1.165, 1.54) is 0 Å². The van der Waals surface area contributed by atoms with Crippen molar-refractivity contribution in [3.05, 3.63) is 72.2 Å². The number of anilines is 1. The molecule has 11 heteroatoms. The molecule has 2 aromatic heterocycles. The number of benzene rings is 2. The van der Waals surface area contributed by atoms with E-state index in [0.29, 0.717) is 24.7 Å². The van der Waals surface area contributed by atoms with E-state index in [9.17, 15) is 13.2 Å². The number of ether oxygens (including phenoxy) is 1. The molecule has 0 aliphatic heterocycles. The molecule has 8 nitrogen and oxygen atoms in total. The third-order valence-electron chi connectivity index (χ3n) is 4.94. The van der Waals surface area contributed by atoms with Gasteiger partial charge in [0, 0.05) is 30.4 Å². The van der Waals surface area contributed by atoms with Gasteiger partial charge >= 0.3 is 12.1 Å². The quantitative estimate of drug-likeness (QED) is 0.364. The zero-order chi connectivity index (χ0) is 24.8. The van der Waals surface area contributed by atoms with Crippen LogP contribution in [0, 0.1) is 0 Å². The van der Waals surface area contributed by atoms with Crippen molar-refractivity contribution < 1.29 is 22.4 Å². The van der Waals surface area contributed by atoms with E-state index in [1.807, 2.05) is 44.4 Å². The Hall–Kier alpha value is -3.99. The topological polar surface area (TPSA) is 89.2 Å². The number of rotatable bonds is 9. The van der Waals surface area contributed by atoms with Crippen LogP contribution in [0.25, 0.3) is 22.6 Å². The summed E-state index contributed by atoms with van der Waals surface area (Å²) in [6, 6.07) is 16.3. The normalized spacial score (nSPS) is 11.6. The van der Waals surface area contributed by atoms with Crippen LogP contribution < -0.4 is 10.1 Å². The number of alkyl halides is 3. The molecule has 2 heterocycles. The summed E-state index contributed by atoms with van der Waals surface area (Å²) in [4.78, 5) is 14.3. The predicted octanol–water partition coefficient (Wildman–Crippen LogP) is 4.76. The molecule has 0 bridgehead atoms. The second kappa shape index (κ2) is 10.5. The van der Waals surface area contributed by atoms with Crippen molar-refractivity contribution in [3.63, 3.8) is 0 Å². The van der Waals surface area contributed by atoms with Gasteiger partial charge in [-0.1, -0.05) is 29.4 Å². The highest BCUT2D eigenvalue weighted by molar-refractivity contribution is 5.61. The number of likely N-dealkylation sites (N-methyl/N-ethyl adjacent to an activating group) is 1. The van der Waals surface area contributed by atoms with Crippen molar-refractivity contribution in [2.45, 2.75) is 12.7 Å². The third-order valence-corrected chi connectivity index (χ3v) is 4.94. The summed E-state index contributed by atoms with van der Waals surface area (Å²) in [7, 11) is 3.99. The van der Waals surface area contributed by atoms with Crippen LogP contribution in [0.4, 0.5) is 19.1 Å². The highest BCUT2D eigenvalue weighted by Crippen LogP contribution is 2.29. The van der Waals surface area contributed by atoms with Crippen molar-refractivity contribution >= 4 is 5.95 Å². The van der Waals surface area contributed by atoms with Gasteiger partial charge in [-0.05, 0) is 50.0 Å². The summed E-state index contributed by atoms with van der Waals surface area (Å²) in [5.74, 6) is -0.253. The Bertz CT molecular complexity index is 1240. The predicted molar refractivity (Wildman–Crippen MR) is 124 cm³/mol.